The van der Waals surface area contributed by atoms with Gasteiger partial charge in [0.2, 0.25) is 5.91 Å². The van der Waals surface area contributed by atoms with Crippen molar-refractivity contribution in [1.29, 1.82) is 0 Å². The SMILES string of the molecule is CC(C)CN1CCOC(CNC(=O)NCCC(=O)NC2CCCCC2)C1. The third-order valence-corrected chi connectivity index (χ3v) is 4.94. The second kappa shape index (κ2) is 11.4. The second-order valence-electron chi connectivity index (χ2n) is 7.94. The van der Waals surface area contributed by atoms with Gasteiger partial charge >= 0.3 is 6.03 Å². The first kappa shape index (κ1) is 21.0. The molecule has 0 aromatic rings. The number of carbonyl (C=O) groups is 2. The number of amides is 3. The van der Waals surface area contributed by atoms with Crippen LogP contribution in [0, 0.1) is 5.92 Å². The van der Waals surface area contributed by atoms with Gasteiger partial charge in [0, 0.05) is 45.2 Å². The molecule has 1 saturated heterocycles. The lowest BCUT2D eigenvalue weighted by molar-refractivity contribution is -0.121. The van der Waals surface area contributed by atoms with E-state index in [9.17, 15) is 9.59 Å². The van der Waals surface area contributed by atoms with Gasteiger partial charge in [0.25, 0.3) is 0 Å². The fourth-order valence-electron chi connectivity index (χ4n) is 3.69. The Labute approximate surface area is 157 Å². The van der Waals surface area contributed by atoms with Crippen LogP contribution in [-0.4, -0.2) is 68.3 Å². The average Bonchev–Trinajstić information content (AvgIpc) is 2.60. The molecule has 1 heterocycles. The fraction of sp³-hybridized carbons (Fsp3) is 0.895. The number of nitrogens with zero attached hydrogens (tertiary/aromatic N) is 1. The predicted octanol–water partition coefficient (Wildman–Crippen LogP) is 1.48. The molecule has 1 aliphatic heterocycles. The van der Waals surface area contributed by atoms with Gasteiger partial charge in [-0.05, 0) is 18.8 Å². The van der Waals surface area contributed by atoms with E-state index in [1.165, 1.54) is 19.3 Å². The highest BCUT2D eigenvalue weighted by molar-refractivity contribution is 5.78. The monoisotopic (exact) mass is 368 g/mol. The van der Waals surface area contributed by atoms with Crippen LogP contribution in [-0.2, 0) is 9.53 Å². The van der Waals surface area contributed by atoms with Gasteiger partial charge in [-0.3, -0.25) is 9.69 Å². The molecule has 7 heteroatoms. The Hall–Kier alpha value is -1.34. The first-order chi connectivity index (χ1) is 12.5. The van der Waals surface area contributed by atoms with E-state index in [1.54, 1.807) is 0 Å². The van der Waals surface area contributed by atoms with Gasteiger partial charge in [0.05, 0.1) is 12.7 Å². The van der Waals surface area contributed by atoms with E-state index in [-0.39, 0.29) is 18.0 Å². The third-order valence-electron chi connectivity index (χ3n) is 4.94. The fourth-order valence-corrected chi connectivity index (χ4v) is 3.69. The number of morpholine rings is 1. The summed E-state index contributed by atoms with van der Waals surface area (Å²) < 4.78 is 5.72. The Kier molecular flexibility index (Phi) is 9.18. The van der Waals surface area contributed by atoms with E-state index in [0.29, 0.717) is 38.1 Å². The van der Waals surface area contributed by atoms with Gasteiger partial charge in [-0.15, -0.1) is 0 Å². The molecule has 0 aromatic heterocycles. The molecule has 2 rings (SSSR count). The molecule has 1 atom stereocenters. The van der Waals surface area contributed by atoms with E-state index in [0.717, 1.165) is 32.5 Å². The van der Waals surface area contributed by atoms with Crippen molar-refractivity contribution in [1.82, 2.24) is 20.9 Å². The normalized spacial score (nSPS) is 22.2. The van der Waals surface area contributed by atoms with Crippen molar-refractivity contribution in [3.8, 4) is 0 Å². The Morgan fingerprint density at radius 3 is 2.65 bits per heavy atom. The molecule has 1 aliphatic carbocycles. The number of nitrogens with one attached hydrogen (secondary N) is 3. The van der Waals surface area contributed by atoms with Crippen LogP contribution in [0.3, 0.4) is 0 Å². The number of carbonyl (C=O) groups excluding carboxylic acids is 2. The molecule has 2 fully saturated rings. The Morgan fingerprint density at radius 2 is 1.92 bits per heavy atom. The van der Waals surface area contributed by atoms with E-state index in [2.05, 4.69) is 34.7 Å². The van der Waals surface area contributed by atoms with Gasteiger partial charge in [-0.2, -0.15) is 0 Å². The maximum Gasteiger partial charge on any atom is 0.314 e. The molecular formula is C19H36N4O3. The molecule has 7 nitrogen and oxygen atoms in total. The van der Waals surface area contributed by atoms with Crippen molar-refractivity contribution in [3.05, 3.63) is 0 Å². The van der Waals surface area contributed by atoms with Crippen LogP contribution in [0.4, 0.5) is 4.79 Å². The quantitative estimate of drug-likeness (QED) is 0.606. The standard InChI is InChI=1S/C19H36N4O3/c1-15(2)13-23-10-11-26-17(14-23)12-21-19(25)20-9-8-18(24)22-16-6-4-3-5-7-16/h15-17H,3-14H2,1-2H3,(H,22,24)(H2,20,21,25). The predicted molar refractivity (Wildman–Crippen MR) is 102 cm³/mol. The van der Waals surface area contributed by atoms with Crippen LogP contribution < -0.4 is 16.0 Å². The number of hydrogen-bond donors (Lipinski definition) is 3. The summed E-state index contributed by atoms with van der Waals surface area (Å²) in [6.07, 6.45) is 6.18. The van der Waals surface area contributed by atoms with E-state index in [1.807, 2.05) is 0 Å². The lowest BCUT2D eigenvalue weighted by Crippen LogP contribution is -2.50. The highest BCUT2D eigenvalue weighted by Gasteiger charge is 2.21. The van der Waals surface area contributed by atoms with Crippen LogP contribution in [0.5, 0.6) is 0 Å². The number of urea groups is 1. The van der Waals surface area contributed by atoms with Crippen LogP contribution in [0.25, 0.3) is 0 Å². The zero-order valence-corrected chi connectivity index (χ0v) is 16.4. The lowest BCUT2D eigenvalue weighted by Gasteiger charge is -2.33. The van der Waals surface area contributed by atoms with Gasteiger partial charge < -0.3 is 20.7 Å². The molecule has 2 aliphatic rings. The molecular weight excluding hydrogens is 332 g/mol. The minimum absolute atomic E-state index is 0.0251. The number of hydrogen-bond acceptors (Lipinski definition) is 4. The van der Waals surface area contributed by atoms with Crippen molar-refractivity contribution in [2.24, 2.45) is 5.92 Å². The summed E-state index contributed by atoms with van der Waals surface area (Å²) in [6.45, 7) is 8.84. The van der Waals surface area contributed by atoms with Crippen molar-refractivity contribution < 1.29 is 14.3 Å². The van der Waals surface area contributed by atoms with Crippen molar-refractivity contribution in [2.45, 2.75) is 64.5 Å². The molecule has 0 radical (unpaired) electrons. The highest BCUT2D eigenvalue weighted by atomic mass is 16.5. The van der Waals surface area contributed by atoms with Crippen LogP contribution in [0.15, 0.2) is 0 Å². The van der Waals surface area contributed by atoms with Gasteiger partial charge in [-0.25, -0.2) is 4.79 Å². The lowest BCUT2D eigenvalue weighted by atomic mass is 9.95. The minimum atomic E-state index is -0.236. The minimum Gasteiger partial charge on any atom is -0.374 e. The smallest absolute Gasteiger partial charge is 0.314 e. The molecule has 150 valence electrons. The summed E-state index contributed by atoms with van der Waals surface area (Å²) in [7, 11) is 0. The number of rotatable bonds is 8. The summed E-state index contributed by atoms with van der Waals surface area (Å²) in [6, 6.07) is 0.0855. The molecule has 0 spiro atoms. The molecule has 0 bridgehead atoms. The van der Waals surface area contributed by atoms with Crippen LogP contribution >= 0.6 is 0 Å². The van der Waals surface area contributed by atoms with E-state index >= 15 is 0 Å². The summed E-state index contributed by atoms with van der Waals surface area (Å²) in [5.74, 6) is 0.655. The molecule has 3 amide bonds. The zero-order valence-electron chi connectivity index (χ0n) is 16.4. The largest absolute Gasteiger partial charge is 0.374 e. The van der Waals surface area contributed by atoms with E-state index in [4.69, 9.17) is 4.74 Å². The van der Waals surface area contributed by atoms with Crippen molar-refractivity contribution >= 4 is 11.9 Å². The Bertz CT molecular complexity index is 439. The van der Waals surface area contributed by atoms with Gasteiger partial charge in [-0.1, -0.05) is 33.1 Å². The van der Waals surface area contributed by atoms with Crippen LogP contribution in [0.1, 0.15) is 52.4 Å². The highest BCUT2D eigenvalue weighted by Crippen LogP contribution is 2.17. The van der Waals surface area contributed by atoms with Crippen LogP contribution in [0.2, 0.25) is 0 Å². The second-order valence-corrected chi connectivity index (χ2v) is 7.94. The van der Waals surface area contributed by atoms with Gasteiger partial charge in [0.15, 0.2) is 0 Å². The topological polar surface area (TPSA) is 82.7 Å². The summed E-state index contributed by atoms with van der Waals surface area (Å²) in [4.78, 5) is 26.2. The Balaban J connectivity index is 1.53. The van der Waals surface area contributed by atoms with Crippen molar-refractivity contribution in [3.63, 3.8) is 0 Å². The molecule has 0 aromatic carbocycles. The first-order valence-corrected chi connectivity index (χ1v) is 10.2. The molecule has 1 saturated carbocycles. The average molecular weight is 369 g/mol. The molecule has 1 unspecified atom stereocenters. The summed E-state index contributed by atoms with van der Waals surface area (Å²) in [5.41, 5.74) is 0. The van der Waals surface area contributed by atoms with E-state index < -0.39 is 0 Å². The van der Waals surface area contributed by atoms with Gasteiger partial charge in [0.1, 0.15) is 0 Å². The summed E-state index contributed by atoms with van der Waals surface area (Å²) in [5, 5.41) is 8.66. The summed E-state index contributed by atoms with van der Waals surface area (Å²) >= 11 is 0. The molecule has 26 heavy (non-hydrogen) atoms. The Morgan fingerprint density at radius 1 is 1.15 bits per heavy atom. The molecule has 3 N–H and O–H groups in total. The number of ether oxygens (including phenoxy) is 1. The first-order valence-electron chi connectivity index (χ1n) is 10.2. The zero-order chi connectivity index (χ0) is 18.8. The third kappa shape index (κ3) is 8.36. The maximum atomic E-state index is 11.9. The maximum absolute atomic E-state index is 11.9. The van der Waals surface area contributed by atoms with Crippen molar-refractivity contribution in [2.75, 3.05) is 39.3 Å².